The Labute approximate surface area is 110 Å². The Hall–Kier alpha value is -2.43. The molecule has 0 saturated heterocycles. The molecular weight excluding hydrogens is 240 g/mol. The number of pyridine rings is 1. The molecule has 19 heavy (non-hydrogen) atoms. The molecule has 5 heteroatoms. The minimum Gasteiger partial charge on any atom is -0.344 e. The Morgan fingerprint density at radius 1 is 1.16 bits per heavy atom. The van der Waals surface area contributed by atoms with Gasteiger partial charge in [-0.1, -0.05) is 12.1 Å². The SMILES string of the molecule is Cc1ccc(-c2nc(N(C)C)no2)c2ncccc12. The zero-order valence-corrected chi connectivity index (χ0v) is 11.1. The fraction of sp³-hybridized carbons (Fsp3) is 0.214. The van der Waals surface area contributed by atoms with E-state index < -0.39 is 0 Å². The molecule has 0 unspecified atom stereocenters. The fourth-order valence-electron chi connectivity index (χ4n) is 1.99. The Bertz CT molecular complexity index is 733. The average Bonchev–Trinajstić information content (AvgIpc) is 2.89. The van der Waals surface area contributed by atoms with E-state index in [9.17, 15) is 0 Å². The van der Waals surface area contributed by atoms with Crippen LogP contribution in [0.3, 0.4) is 0 Å². The summed E-state index contributed by atoms with van der Waals surface area (Å²) >= 11 is 0. The van der Waals surface area contributed by atoms with E-state index in [2.05, 4.69) is 22.0 Å². The molecule has 0 radical (unpaired) electrons. The molecule has 5 nitrogen and oxygen atoms in total. The number of aromatic nitrogens is 3. The van der Waals surface area contributed by atoms with Crippen molar-refractivity contribution < 1.29 is 4.52 Å². The Kier molecular flexibility index (Phi) is 2.67. The summed E-state index contributed by atoms with van der Waals surface area (Å²) in [6, 6.07) is 7.99. The molecule has 3 rings (SSSR count). The van der Waals surface area contributed by atoms with E-state index in [0.717, 1.165) is 16.5 Å². The maximum Gasteiger partial charge on any atom is 0.265 e. The molecule has 0 saturated carbocycles. The molecule has 2 heterocycles. The molecule has 0 atom stereocenters. The maximum atomic E-state index is 5.32. The minimum atomic E-state index is 0.493. The summed E-state index contributed by atoms with van der Waals surface area (Å²) in [5.41, 5.74) is 2.93. The summed E-state index contributed by atoms with van der Waals surface area (Å²) in [4.78, 5) is 10.6. The van der Waals surface area contributed by atoms with Crippen molar-refractivity contribution in [2.75, 3.05) is 19.0 Å². The molecular formula is C14H14N4O. The van der Waals surface area contributed by atoms with Gasteiger partial charge in [0.05, 0.1) is 11.1 Å². The molecule has 0 aliphatic rings. The topological polar surface area (TPSA) is 55.1 Å². The molecule has 0 amide bonds. The lowest BCUT2D eigenvalue weighted by Gasteiger charge is -2.04. The van der Waals surface area contributed by atoms with Crippen LogP contribution in [-0.2, 0) is 0 Å². The van der Waals surface area contributed by atoms with E-state index in [-0.39, 0.29) is 0 Å². The molecule has 3 aromatic rings. The minimum absolute atomic E-state index is 0.493. The van der Waals surface area contributed by atoms with Gasteiger partial charge in [-0.15, -0.1) is 0 Å². The Balaban J connectivity index is 2.22. The van der Waals surface area contributed by atoms with E-state index in [0.29, 0.717) is 11.8 Å². The molecule has 2 aromatic heterocycles. The average molecular weight is 254 g/mol. The summed E-state index contributed by atoms with van der Waals surface area (Å²) in [6.45, 7) is 2.06. The highest BCUT2D eigenvalue weighted by Crippen LogP contribution is 2.28. The summed E-state index contributed by atoms with van der Waals surface area (Å²) in [6.07, 6.45) is 1.77. The van der Waals surface area contributed by atoms with E-state index in [1.807, 2.05) is 38.4 Å². The second kappa shape index (κ2) is 4.35. The lowest BCUT2D eigenvalue weighted by molar-refractivity contribution is 0.431. The van der Waals surface area contributed by atoms with Crippen LogP contribution in [0.4, 0.5) is 5.95 Å². The van der Waals surface area contributed by atoms with Crippen LogP contribution in [0.1, 0.15) is 5.56 Å². The van der Waals surface area contributed by atoms with Gasteiger partial charge in [0.2, 0.25) is 0 Å². The largest absolute Gasteiger partial charge is 0.344 e. The van der Waals surface area contributed by atoms with E-state index in [1.165, 1.54) is 5.56 Å². The van der Waals surface area contributed by atoms with Gasteiger partial charge in [-0.2, -0.15) is 4.98 Å². The molecule has 1 aromatic carbocycles. The maximum absolute atomic E-state index is 5.32. The highest BCUT2D eigenvalue weighted by Gasteiger charge is 2.14. The van der Waals surface area contributed by atoms with E-state index in [4.69, 9.17) is 4.52 Å². The van der Waals surface area contributed by atoms with Crippen molar-refractivity contribution in [2.45, 2.75) is 6.92 Å². The quantitative estimate of drug-likeness (QED) is 0.703. The van der Waals surface area contributed by atoms with Crippen LogP contribution in [0.25, 0.3) is 22.4 Å². The highest BCUT2D eigenvalue weighted by molar-refractivity contribution is 5.93. The molecule has 0 fully saturated rings. The van der Waals surface area contributed by atoms with Crippen LogP contribution in [-0.4, -0.2) is 29.2 Å². The van der Waals surface area contributed by atoms with Crippen LogP contribution < -0.4 is 4.90 Å². The molecule has 96 valence electrons. The zero-order chi connectivity index (χ0) is 13.4. The predicted molar refractivity (Wildman–Crippen MR) is 74.1 cm³/mol. The van der Waals surface area contributed by atoms with Crippen molar-refractivity contribution in [1.29, 1.82) is 0 Å². The number of hydrogen-bond donors (Lipinski definition) is 0. The fourth-order valence-corrected chi connectivity index (χ4v) is 1.99. The number of nitrogens with zero attached hydrogens (tertiary/aromatic N) is 4. The smallest absolute Gasteiger partial charge is 0.265 e. The lowest BCUT2D eigenvalue weighted by Crippen LogP contribution is -2.10. The van der Waals surface area contributed by atoms with Crippen LogP contribution in [0.15, 0.2) is 35.0 Å². The zero-order valence-electron chi connectivity index (χ0n) is 11.1. The first-order valence-electron chi connectivity index (χ1n) is 6.02. The summed E-state index contributed by atoms with van der Waals surface area (Å²) in [7, 11) is 3.75. The van der Waals surface area contributed by atoms with Crippen molar-refractivity contribution in [1.82, 2.24) is 15.1 Å². The third-order valence-corrected chi connectivity index (χ3v) is 3.03. The Morgan fingerprint density at radius 2 is 2.00 bits per heavy atom. The first-order chi connectivity index (χ1) is 9.16. The number of anilines is 1. The van der Waals surface area contributed by atoms with Gasteiger partial charge >= 0.3 is 0 Å². The predicted octanol–water partition coefficient (Wildman–Crippen LogP) is 2.66. The van der Waals surface area contributed by atoms with Crippen molar-refractivity contribution in [2.24, 2.45) is 0 Å². The van der Waals surface area contributed by atoms with Gasteiger partial charge in [0.1, 0.15) is 0 Å². The van der Waals surface area contributed by atoms with Gasteiger partial charge in [-0.25, -0.2) is 0 Å². The Morgan fingerprint density at radius 3 is 2.74 bits per heavy atom. The molecule has 0 bridgehead atoms. The number of hydrogen-bond acceptors (Lipinski definition) is 5. The first-order valence-corrected chi connectivity index (χ1v) is 6.02. The second-order valence-electron chi connectivity index (χ2n) is 4.62. The van der Waals surface area contributed by atoms with E-state index >= 15 is 0 Å². The summed E-state index contributed by atoms with van der Waals surface area (Å²) < 4.78 is 5.32. The summed E-state index contributed by atoms with van der Waals surface area (Å²) in [5, 5.41) is 5.03. The third kappa shape index (κ3) is 1.93. The van der Waals surface area contributed by atoms with Gasteiger partial charge in [0, 0.05) is 25.7 Å². The molecule has 0 spiro atoms. The van der Waals surface area contributed by atoms with Gasteiger partial charge in [-0.3, -0.25) is 4.98 Å². The van der Waals surface area contributed by atoms with Gasteiger partial charge in [0.15, 0.2) is 0 Å². The van der Waals surface area contributed by atoms with E-state index in [1.54, 1.807) is 11.1 Å². The van der Waals surface area contributed by atoms with Crippen LogP contribution in [0, 0.1) is 6.92 Å². The lowest BCUT2D eigenvalue weighted by atomic mass is 10.1. The number of fused-ring (bicyclic) bond motifs is 1. The van der Waals surface area contributed by atoms with Gasteiger partial charge < -0.3 is 9.42 Å². The number of aryl methyl sites for hydroxylation is 1. The second-order valence-corrected chi connectivity index (χ2v) is 4.62. The monoisotopic (exact) mass is 254 g/mol. The highest BCUT2D eigenvalue weighted by atomic mass is 16.5. The molecule has 0 N–H and O–H groups in total. The first kappa shape index (κ1) is 11.6. The molecule has 0 aliphatic carbocycles. The summed E-state index contributed by atoms with van der Waals surface area (Å²) in [5.74, 6) is 1.05. The number of benzene rings is 1. The number of rotatable bonds is 2. The van der Waals surface area contributed by atoms with Crippen molar-refractivity contribution in [3.8, 4) is 11.5 Å². The van der Waals surface area contributed by atoms with Crippen LogP contribution in [0.2, 0.25) is 0 Å². The van der Waals surface area contributed by atoms with Gasteiger partial charge in [0.25, 0.3) is 11.8 Å². The van der Waals surface area contributed by atoms with Crippen LogP contribution in [0.5, 0.6) is 0 Å². The van der Waals surface area contributed by atoms with Crippen LogP contribution >= 0.6 is 0 Å². The third-order valence-electron chi connectivity index (χ3n) is 3.03. The molecule has 0 aliphatic heterocycles. The van der Waals surface area contributed by atoms with Crippen molar-refractivity contribution in [3.05, 3.63) is 36.0 Å². The van der Waals surface area contributed by atoms with Gasteiger partial charge in [-0.05, 0) is 29.8 Å². The normalized spacial score (nSPS) is 10.9. The van der Waals surface area contributed by atoms with Crippen molar-refractivity contribution in [3.63, 3.8) is 0 Å². The standard InChI is InChI=1S/C14H14N4O/c1-9-6-7-11(12-10(9)5-4-8-15-12)13-16-14(17-19-13)18(2)3/h4-8H,1-3H3. The van der Waals surface area contributed by atoms with Crippen molar-refractivity contribution >= 4 is 16.9 Å².